The Morgan fingerprint density at radius 2 is 1.59 bits per heavy atom. The van der Waals surface area contributed by atoms with E-state index in [0.717, 1.165) is 9.87 Å². The van der Waals surface area contributed by atoms with Crippen LogP contribution in [-0.4, -0.2) is 50.4 Å². The summed E-state index contributed by atoms with van der Waals surface area (Å²) in [6.45, 7) is 9.19. The number of nitrogens with one attached hydrogen (secondary N) is 1. The molecule has 8 nitrogen and oxygen atoms in total. The zero-order valence-corrected chi connectivity index (χ0v) is 25.7. The fourth-order valence-corrected chi connectivity index (χ4v) is 5.96. The van der Waals surface area contributed by atoms with E-state index in [4.69, 9.17) is 16.3 Å². The number of aryl methyl sites for hydroxylation is 1. The summed E-state index contributed by atoms with van der Waals surface area (Å²) in [6.07, 6.45) is 0.324. The van der Waals surface area contributed by atoms with Crippen molar-refractivity contribution in [2.45, 2.75) is 64.6 Å². The Morgan fingerprint density at radius 1 is 0.951 bits per heavy atom. The molecule has 220 valence electrons. The molecule has 1 atom stereocenters. The van der Waals surface area contributed by atoms with E-state index in [0.29, 0.717) is 35.1 Å². The molecule has 0 bridgehead atoms. The van der Waals surface area contributed by atoms with Crippen molar-refractivity contribution in [2.24, 2.45) is 0 Å². The van der Waals surface area contributed by atoms with Crippen LogP contribution in [-0.2, 0) is 26.2 Å². The number of nitrogens with zero attached hydrogens (tertiary/aromatic N) is 2. The van der Waals surface area contributed by atoms with Gasteiger partial charge in [-0.3, -0.25) is 13.9 Å². The molecule has 0 fully saturated rings. The third-order valence-corrected chi connectivity index (χ3v) is 8.60. The number of carbonyl (C=O) groups is 2. The second-order valence-electron chi connectivity index (χ2n) is 9.95. The summed E-state index contributed by atoms with van der Waals surface area (Å²) in [5, 5.41) is 3.33. The van der Waals surface area contributed by atoms with Gasteiger partial charge in [-0.15, -0.1) is 0 Å². The maximum absolute atomic E-state index is 14.1. The molecule has 0 unspecified atom stereocenters. The number of hydrogen-bond donors (Lipinski definition) is 1. The molecule has 2 amide bonds. The first-order valence-corrected chi connectivity index (χ1v) is 15.4. The lowest BCUT2D eigenvalue weighted by Gasteiger charge is -2.33. The summed E-state index contributed by atoms with van der Waals surface area (Å²) in [7, 11) is -4.18. The van der Waals surface area contributed by atoms with E-state index in [1.165, 1.54) is 17.0 Å². The van der Waals surface area contributed by atoms with Gasteiger partial charge in [0, 0.05) is 17.6 Å². The number of ether oxygens (including phenoxy) is 1. The summed E-state index contributed by atoms with van der Waals surface area (Å²) in [6, 6.07) is 19.1. The van der Waals surface area contributed by atoms with E-state index >= 15 is 0 Å². The molecule has 1 N–H and O–H groups in total. The predicted molar refractivity (Wildman–Crippen MR) is 163 cm³/mol. The molecule has 0 aliphatic carbocycles. The Bertz CT molecular complexity index is 1430. The van der Waals surface area contributed by atoms with Crippen LogP contribution >= 0.6 is 11.6 Å². The van der Waals surface area contributed by atoms with Crippen molar-refractivity contribution in [3.63, 3.8) is 0 Å². The van der Waals surface area contributed by atoms with Crippen LogP contribution in [0.4, 0.5) is 5.69 Å². The number of carbonyl (C=O) groups excluding carboxylic acids is 2. The van der Waals surface area contributed by atoms with Gasteiger partial charge in [0.25, 0.3) is 10.0 Å². The number of amides is 2. The average molecular weight is 600 g/mol. The van der Waals surface area contributed by atoms with Crippen LogP contribution in [0.1, 0.15) is 45.2 Å². The minimum Gasteiger partial charge on any atom is -0.494 e. The Hall–Kier alpha value is -3.56. The highest BCUT2D eigenvalue weighted by atomic mass is 35.5. The molecule has 0 saturated heterocycles. The van der Waals surface area contributed by atoms with E-state index in [1.807, 2.05) is 34.6 Å². The zero-order chi connectivity index (χ0) is 30.2. The van der Waals surface area contributed by atoms with Crippen molar-refractivity contribution in [2.75, 3.05) is 17.5 Å². The monoisotopic (exact) mass is 599 g/mol. The Kier molecular flexibility index (Phi) is 11.2. The summed E-state index contributed by atoms with van der Waals surface area (Å²) in [4.78, 5) is 28.7. The standard InChI is InChI=1S/C31H38ClN3O5S/c1-6-29(31(37)33-22(3)4)34(20-24-10-8-9-11-28(24)32)30(36)21-35(25-14-12-23(5)13-15-25)41(38,39)27-18-16-26(17-19-27)40-7-2/h8-19,22,29H,6-7,20-21H2,1-5H3,(H,33,37)/t29-/m1/s1. The van der Waals surface area contributed by atoms with Crippen LogP contribution in [0.25, 0.3) is 0 Å². The van der Waals surface area contributed by atoms with Gasteiger partial charge >= 0.3 is 0 Å². The Labute approximate surface area is 248 Å². The van der Waals surface area contributed by atoms with Crippen LogP contribution < -0.4 is 14.4 Å². The molecule has 3 aromatic rings. The Morgan fingerprint density at radius 3 is 2.15 bits per heavy atom. The second-order valence-corrected chi connectivity index (χ2v) is 12.2. The van der Waals surface area contributed by atoms with E-state index in [9.17, 15) is 18.0 Å². The molecule has 10 heteroatoms. The summed E-state index contributed by atoms with van der Waals surface area (Å²) >= 11 is 6.43. The maximum Gasteiger partial charge on any atom is 0.264 e. The van der Waals surface area contributed by atoms with E-state index < -0.39 is 28.5 Å². The fourth-order valence-electron chi connectivity index (χ4n) is 4.35. The zero-order valence-electron chi connectivity index (χ0n) is 24.1. The topological polar surface area (TPSA) is 96.0 Å². The quantitative estimate of drug-likeness (QED) is 0.277. The minimum atomic E-state index is -4.18. The predicted octanol–water partition coefficient (Wildman–Crippen LogP) is 5.57. The van der Waals surface area contributed by atoms with Gasteiger partial charge < -0.3 is 15.0 Å². The third-order valence-electron chi connectivity index (χ3n) is 6.44. The summed E-state index contributed by atoms with van der Waals surface area (Å²) in [5.41, 5.74) is 1.92. The first kappa shape index (κ1) is 32.0. The summed E-state index contributed by atoms with van der Waals surface area (Å²) in [5.74, 6) is -0.317. The fraction of sp³-hybridized carbons (Fsp3) is 0.355. The lowest BCUT2D eigenvalue weighted by atomic mass is 10.1. The number of anilines is 1. The SMILES string of the molecule is CCOc1ccc(S(=O)(=O)N(CC(=O)N(Cc2ccccc2Cl)[C@H](CC)C(=O)NC(C)C)c2ccc(C)cc2)cc1. The third kappa shape index (κ3) is 8.24. The van der Waals surface area contributed by atoms with Gasteiger partial charge in [0.15, 0.2) is 0 Å². The van der Waals surface area contributed by atoms with Crippen LogP contribution in [0, 0.1) is 6.92 Å². The van der Waals surface area contributed by atoms with E-state index in [-0.39, 0.29) is 23.4 Å². The maximum atomic E-state index is 14.1. The first-order valence-electron chi connectivity index (χ1n) is 13.6. The second kappa shape index (κ2) is 14.4. The van der Waals surface area contributed by atoms with Crippen LogP contribution in [0.3, 0.4) is 0 Å². The molecule has 0 saturated carbocycles. The highest BCUT2D eigenvalue weighted by Crippen LogP contribution is 2.27. The molecule has 0 aliphatic heterocycles. The number of rotatable bonds is 13. The van der Waals surface area contributed by atoms with Crippen molar-refractivity contribution in [1.29, 1.82) is 0 Å². The van der Waals surface area contributed by atoms with Crippen molar-refractivity contribution in [1.82, 2.24) is 10.2 Å². The smallest absolute Gasteiger partial charge is 0.264 e. The minimum absolute atomic E-state index is 0.0107. The lowest BCUT2D eigenvalue weighted by molar-refractivity contribution is -0.140. The Balaban J connectivity index is 2.06. The highest BCUT2D eigenvalue weighted by molar-refractivity contribution is 7.92. The molecule has 41 heavy (non-hydrogen) atoms. The molecule has 0 aliphatic rings. The van der Waals surface area contributed by atoms with Crippen molar-refractivity contribution in [3.8, 4) is 5.75 Å². The average Bonchev–Trinajstić information content (AvgIpc) is 2.93. The van der Waals surface area contributed by atoms with Gasteiger partial charge in [0.1, 0.15) is 18.3 Å². The molecular weight excluding hydrogens is 562 g/mol. The highest BCUT2D eigenvalue weighted by Gasteiger charge is 2.34. The van der Waals surface area contributed by atoms with Crippen LogP contribution in [0.2, 0.25) is 5.02 Å². The summed E-state index contributed by atoms with van der Waals surface area (Å²) < 4.78 is 34.5. The van der Waals surface area contributed by atoms with Gasteiger partial charge in [-0.25, -0.2) is 8.42 Å². The molecule has 3 rings (SSSR count). The molecule has 0 heterocycles. The molecule has 0 aromatic heterocycles. The molecule has 0 radical (unpaired) electrons. The number of hydrogen-bond acceptors (Lipinski definition) is 5. The van der Waals surface area contributed by atoms with Crippen molar-refractivity contribution >= 4 is 39.1 Å². The number of benzene rings is 3. The van der Waals surface area contributed by atoms with Gasteiger partial charge in [0.2, 0.25) is 11.8 Å². The number of halogens is 1. The molecular formula is C31H38ClN3O5S. The number of sulfonamides is 1. The van der Waals surface area contributed by atoms with Gasteiger partial charge in [0.05, 0.1) is 17.2 Å². The van der Waals surface area contributed by atoms with Gasteiger partial charge in [-0.1, -0.05) is 54.4 Å². The lowest BCUT2D eigenvalue weighted by Crippen LogP contribution is -2.53. The van der Waals surface area contributed by atoms with E-state index in [1.54, 1.807) is 60.7 Å². The largest absolute Gasteiger partial charge is 0.494 e. The van der Waals surface area contributed by atoms with Crippen molar-refractivity contribution < 1.29 is 22.7 Å². The van der Waals surface area contributed by atoms with Crippen LogP contribution in [0.5, 0.6) is 5.75 Å². The van der Waals surface area contributed by atoms with Gasteiger partial charge in [-0.05, 0) is 82.1 Å². The van der Waals surface area contributed by atoms with Gasteiger partial charge in [-0.2, -0.15) is 0 Å². The van der Waals surface area contributed by atoms with E-state index in [2.05, 4.69) is 5.32 Å². The first-order chi connectivity index (χ1) is 19.5. The van der Waals surface area contributed by atoms with Crippen LogP contribution in [0.15, 0.2) is 77.7 Å². The molecule has 0 spiro atoms. The normalized spacial score (nSPS) is 12.1. The van der Waals surface area contributed by atoms with Crippen molar-refractivity contribution in [3.05, 3.63) is 88.9 Å². The molecule has 3 aromatic carbocycles.